The minimum atomic E-state index is -0.316. The van der Waals surface area contributed by atoms with Gasteiger partial charge < -0.3 is 10.1 Å². The molecular weight excluding hydrogens is 267 g/mol. The molecule has 21 heavy (non-hydrogen) atoms. The first-order valence-corrected chi connectivity index (χ1v) is 7.33. The Morgan fingerprint density at radius 2 is 2.10 bits per heavy atom. The first-order valence-electron chi connectivity index (χ1n) is 7.33. The minimum Gasteiger partial charge on any atom is -0.494 e. The van der Waals surface area contributed by atoms with Crippen LogP contribution in [0.4, 0.5) is 10.1 Å². The summed E-state index contributed by atoms with van der Waals surface area (Å²) in [7, 11) is 0. The van der Waals surface area contributed by atoms with E-state index < -0.39 is 0 Å². The maximum atomic E-state index is 13.0. The van der Waals surface area contributed by atoms with Gasteiger partial charge in [0.1, 0.15) is 11.6 Å². The minimum absolute atomic E-state index is 0.0482. The van der Waals surface area contributed by atoms with Gasteiger partial charge in [0.2, 0.25) is 0 Å². The van der Waals surface area contributed by atoms with Crippen molar-refractivity contribution >= 4 is 5.69 Å². The molecule has 0 radical (unpaired) electrons. The van der Waals surface area contributed by atoms with Crippen LogP contribution in [0.3, 0.4) is 0 Å². The number of nitrogens with one attached hydrogen (secondary N) is 1. The molecule has 1 heterocycles. The van der Waals surface area contributed by atoms with E-state index in [2.05, 4.69) is 24.1 Å². The quantitative estimate of drug-likeness (QED) is 0.810. The molecular formula is C17H21FN2O. The summed E-state index contributed by atoms with van der Waals surface area (Å²) in [6, 6.07) is 11.1. The number of anilines is 1. The van der Waals surface area contributed by atoms with Crippen molar-refractivity contribution in [1.82, 2.24) is 4.98 Å². The zero-order valence-corrected chi connectivity index (χ0v) is 12.5. The lowest BCUT2D eigenvalue weighted by Gasteiger charge is -2.18. The van der Waals surface area contributed by atoms with E-state index in [0.717, 1.165) is 30.0 Å². The number of ether oxygens (including phenoxy) is 1. The summed E-state index contributed by atoms with van der Waals surface area (Å²) in [4.78, 5) is 4.15. The number of pyridine rings is 1. The largest absolute Gasteiger partial charge is 0.494 e. The van der Waals surface area contributed by atoms with E-state index in [1.54, 1.807) is 6.07 Å². The average Bonchev–Trinajstić information content (AvgIpc) is 2.52. The average molecular weight is 288 g/mol. The van der Waals surface area contributed by atoms with Crippen LogP contribution in [0.15, 0.2) is 42.6 Å². The molecule has 112 valence electrons. The molecule has 3 nitrogen and oxygen atoms in total. The van der Waals surface area contributed by atoms with Gasteiger partial charge in [-0.3, -0.25) is 4.98 Å². The summed E-state index contributed by atoms with van der Waals surface area (Å²) in [5.74, 6) is 0.535. The Balaban J connectivity index is 2.09. The Morgan fingerprint density at radius 1 is 1.24 bits per heavy atom. The SMILES string of the molecule is CCCOc1cccc(NC(CC)c2ccc(F)cn2)c1. The van der Waals surface area contributed by atoms with E-state index in [1.807, 2.05) is 24.3 Å². The predicted molar refractivity (Wildman–Crippen MR) is 83.1 cm³/mol. The molecule has 1 atom stereocenters. The van der Waals surface area contributed by atoms with Crippen molar-refractivity contribution in [2.24, 2.45) is 0 Å². The van der Waals surface area contributed by atoms with E-state index in [9.17, 15) is 4.39 Å². The van der Waals surface area contributed by atoms with Gasteiger partial charge >= 0.3 is 0 Å². The van der Waals surface area contributed by atoms with Gasteiger partial charge in [0.05, 0.1) is 24.5 Å². The summed E-state index contributed by atoms with van der Waals surface area (Å²) in [5.41, 5.74) is 1.81. The highest BCUT2D eigenvalue weighted by Crippen LogP contribution is 2.24. The fourth-order valence-electron chi connectivity index (χ4n) is 2.08. The molecule has 2 rings (SSSR count). The predicted octanol–water partition coefficient (Wildman–Crippen LogP) is 4.57. The van der Waals surface area contributed by atoms with Gasteiger partial charge in [0, 0.05) is 11.8 Å². The van der Waals surface area contributed by atoms with Gasteiger partial charge in [-0.05, 0) is 37.1 Å². The molecule has 0 fully saturated rings. The van der Waals surface area contributed by atoms with E-state index in [0.29, 0.717) is 6.61 Å². The van der Waals surface area contributed by atoms with Crippen molar-refractivity contribution in [2.45, 2.75) is 32.7 Å². The molecule has 0 amide bonds. The van der Waals surface area contributed by atoms with Crippen molar-refractivity contribution in [1.29, 1.82) is 0 Å². The third-order valence-corrected chi connectivity index (χ3v) is 3.16. The first kappa shape index (κ1) is 15.3. The van der Waals surface area contributed by atoms with E-state index >= 15 is 0 Å². The number of hydrogen-bond donors (Lipinski definition) is 1. The van der Waals surface area contributed by atoms with Crippen LogP contribution in [-0.4, -0.2) is 11.6 Å². The molecule has 0 aliphatic rings. The second-order valence-electron chi connectivity index (χ2n) is 4.88. The van der Waals surface area contributed by atoms with Crippen LogP contribution in [-0.2, 0) is 0 Å². The fraction of sp³-hybridized carbons (Fsp3) is 0.353. The molecule has 1 unspecified atom stereocenters. The topological polar surface area (TPSA) is 34.1 Å². The fourth-order valence-corrected chi connectivity index (χ4v) is 2.08. The lowest BCUT2D eigenvalue weighted by molar-refractivity contribution is 0.317. The standard InChI is InChI=1S/C17H21FN2O/c1-3-10-21-15-7-5-6-14(11-15)20-16(4-2)17-9-8-13(18)12-19-17/h5-9,11-12,16,20H,3-4,10H2,1-2H3. The smallest absolute Gasteiger partial charge is 0.141 e. The third kappa shape index (κ3) is 4.45. The van der Waals surface area contributed by atoms with Gasteiger partial charge in [0.15, 0.2) is 0 Å². The lowest BCUT2D eigenvalue weighted by atomic mass is 10.1. The Bertz CT molecular complexity index is 557. The molecule has 0 aliphatic heterocycles. The maximum absolute atomic E-state index is 13.0. The second kappa shape index (κ2) is 7.62. The van der Waals surface area contributed by atoms with Crippen LogP contribution in [0, 0.1) is 5.82 Å². The molecule has 2 aromatic rings. The molecule has 0 aliphatic carbocycles. The van der Waals surface area contributed by atoms with Crippen molar-refractivity contribution in [3.05, 3.63) is 54.1 Å². The zero-order chi connectivity index (χ0) is 15.1. The van der Waals surface area contributed by atoms with Crippen LogP contribution in [0.5, 0.6) is 5.75 Å². The molecule has 0 saturated heterocycles. The number of hydrogen-bond acceptors (Lipinski definition) is 3. The zero-order valence-electron chi connectivity index (χ0n) is 12.5. The molecule has 0 bridgehead atoms. The monoisotopic (exact) mass is 288 g/mol. The van der Waals surface area contributed by atoms with Gasteiger partial charge in [-0.15, -0.1) is 0 Å². The van der Waals surface area contributed by atoms with Gasteiger partial charge in [-0.2, -0.15) is 0 Å². The highest BCUT2D eigenvalue weighted by molar-refractivity contribution is 5.49. The number of halogens is 1. The molecule has 1 N–H and O–H groups in total. The van der Waals surface area contributed by atoms with Crippen molar-refractivity contribution in [3.63, 3.8) is 0 Å². The Hall–Kier alpha value is -2.10. The molecule has 4 heteroatoms. The van der Waals surface area contributed by atoms with Gasteiger partial charge in [-0.25, -0.2) is 4.39 Å². The van der Waals surface area contributed by atoms with E-state index in [4.69, 9.17) is 4.74 Å². The third-order valence-electron chi connectivity index (χ3n) is 3.16. The Morgan fingerprint density at radius 3 is 2.76 bits per heavy atom. The van der Waals surface area contributed by atoms with E-state index in [1.165, 1.54) is 12.3 Å². The van der Waals surface area contributed by atoms with Gasteiger partial charge in [0.25, 0.3) is 0 Å². The first-order chi connectivity index (χ1) is 10.2. The summed E-state index contributed by atoms with van der Waals surface area (Å²) in [5, 5.41) is 3.42. The van der Waals surface area contributed by atoms with E-state index in [-0.39, 0.29) is 11.9 Å². The van der Waals surface area contributed by atoms with Crippen LogP contribution in [0.25, 0.3) is 0 Å². The Kier molecular flexibility index (Phi) is 5.55. The Labute approximate surface area is 125 Å². The van der Waals surface area contributed by atoms with Crippen molar-refractivity contribution in [3.8, 4) is 5.75 Å². The normalized spacial score (nSPS) is 12.0. The number of aromatic nitrogens is 1. The molecule has 1 aromatic carbocycles. The summed E-state index contributed by atoms with van der Waals surface area (Å²) >= 11 is 0. The number of benzene rings is 1. The van der Waals surface area contributed by atoms with Crippen LogP contribution >= 0.6 is 0 Å². The summed E-state index contributed by atoms with van der Waals surface area (Å²) < 4.78 is 18.6. The second-order valence-corrected chi connectivity index (χ2v) is 4.88. The number of rotatable bonds is 7. The molecule has 1 aromatic heterocycles. The highest BCUT2D eigenvalue weighted by Gasteiger charge is 2.11. The van der Waals surface area contributed by atoms with Crippen LogP contribution < -0.4 is 10.1 Å². The van der Waals surface area contributed by atoms with Crippen LogP contribution in [0.2, 0.25) is 0 Å². The summed E-state index contributed by atoms with van der Waals surface area (Å²) in [6.45, 7) is 4.86. The lowest BCUT2D eigenvalue weighted by Crippen LogP contribution is -2.11. The van der Waals surface area contributed by atoms with Gasteiger partial charge in [-0.1, -0.05) is 19.9 Å². The van der Waals surface area contributed by atoms with Crippen LogP contribution in [0.1, 0.15) is 38.4 Å². The molecule has 0 saturated carbocycles. The molecule has 0 spiro atoms. The number of nitrogens with zero attached hydrogens (tertiary/aromatic N) is 1. The maximum Gasteiger partial charge on any atom is 0.141 e. The van der Waals surface area contributed by atoms with Crippen molar-refractivity contribution < 1.29 is 9.13 Å². The van der Waals surface area contributed by atoms with Crippen molar-refractivity contribution in [2.75, 3.05) is 11.9 Å². The highest BCUT2D eigenvalue weighted by atomic mass is 19.1. The summed E-state index contributed by atoms with van der Waals surface area (Å²) in [6.07, 6.45) is 3.09.